The number of rotatable bonds is 3. The van der Waals surface area contributed by atoms with Crippen molar-refractivity contribution in [3.8, 4) is 0 Å². The van der Waals surface area contributed by atoms with E-state index in [0.29, 0.717) is 25.9 Å². The minimum atomic E-state index is -1.70. The standard InChI is InChI=1S/C19H22F2N4O3.Na/c1-8-5-24(6-9(2)23-8)17-13(20)15(22)12-16(14(17)21)25(10-3-4-10)7-11(18(12)26)19(27)28;/h7-10,23H,3-6,22H2,1-2H3,(H,27,28);/q;+1/p-1/t8-,9+;. The Morgan fingerprint density at radius 3 is 2.31 bits per heavy atom. The molecule has 0 bridgehead atoms. The van der Waals surface area contributed by atoms with Gasteiger partial charge in [0.1, 0.15) is 5.69 Å². The molecular formula is C19H21F2N4NaO3. The molecule has 7 nitrogen and oxygen atoms in total. The molecule has 1 aromatic heterocycles. The number of carboxylic acids is 1. The molecule has 3 N–H and O–H groups in total. The van der Waals surface area contributed by atoms with Gasteiger partial charge in [0.2, 0.25) is 5.43 Å². The summed E-state index contributed by atoms with van der Waals surface area (Å²) in [5.74, 6) is -3.63. The summed E-state index contributed by atoms with van der Waals surface area (Å²) in [7, 11) is 0. The topological polar surface area (TPSA) is 103 Å². The van der Waals surface area contributed by atoms with Gasteiger partial charge in [0.25, 0.3) is 0 Å². The van der Waals surface area contributed by atoms with Crippen molar-refractivity contribution in [1.82, 2.24) is 9.88 Å². The Bertz CT molecular complexity index is 1040. The Kier molecular flexibility index (Phi) is 5.97. The first kappa shape index (κ1) is 22.0. The van der Waals surface area contributed by atoms with Crippen molar-refractivity contribution >= 4 is 28.2 Å². The first-order valence-electron chi connectivity index (χ1n) is 9.28. The van der Waals surface area contributed by atoms with Gasteiger partial charge in [0, 0.05) is 37.4 Å². The fraction of sp³-hybridized carbons (Fsp3) is 0.474. The van der Waals surface area contributed by atoms with Crippen LogP contribution in [0.2, 0.25) is 0 Å². The molecule has 2 atom stereocenters. The minimum absolute atomic E-state index is 0. The van der Waals surface area contributed by atoms with Gasteiger partial charge >= 0.3 is 29.6 Å². The number of nitrogens with zero attached hydrogens (tertiary/aromatic N) is 2. The van der Waals surface area contributed by atoms with Crippen LogP contribution in [-0.4, -0.2) is 35.7 Å². The summed E-state index contributed by atoms with van der Waals surface area (Å²) in [6.45, 7) is 4.56. The summed E-state index contributed by atoms with van der Waals surface area (Å²) in [5, 5.41) is 14.2. The van der Waals surface area contributed by atoms with Gasteiger partial charge in [-0.2, -0.15) is 0 Å². The summed E-state index contributed by atoms with van der Waals surface area (Å²) in [5.41, 5.74) is 3.27. The number of anilines is 2. The van der Waals surface area contributed by atoms with Gasteiger partial charge in [0.15, 0.2) is 11.6 Å². The van der Waals surface area contributed by atoms with Crippen LogP contribution < -0.4 is 56.0 Å². The van der Waals surface area contributed by atoms with Gasteiger partial charge in [-0.3, -0.25) is 4.79 Å². The number of halogens is 2. The van der Waals surface area contributed by atoms with Gasteiger partial charge in [0.05, 0.1) is 28.1 Å². The predicted octanol–water partition coefficient (Wildman–Crippen LogP) is -2.25. The fourth-order valence-electron chi connectivity index (χ4n) is 4.13. The third-order valence-corrected chi connectivity index (χ3v) is 5.40. The van der Waals surface area contributed by atoms with Crippen molar-refractivity contribution in [2.75, 3.05) is 23.7 Å². The van der Waals surface area contributed by atoms with E-state index >= 15 is 8.78 Å². The van der Waals surface area contributed by atoms with Crippen LogP contribution in [0.5, 0.6) is 0 Å². The summed E-state index contributed by atoms with van der Waals surface area (Å²) in [6.07, 6.45) is 2.50. The Balaban J connectivity index is 0.00000240. The average Bonchev–Trinajstić information content (AvgIpc) is 3.43. The number of nitrogens with two attached hydrogens (primary N) is 1. The molecule has 10 heteroatoms. The zero-order valence-corrected chi connectivity index (χ0v) is 18.6. The number of hydrogen-bond acceptors (Lipinski definition) is 6. The van der Waals surface area contributed by atoms with Gasteiger partial charge in [-0.1, -0.05) is 0 Å². The number of carboxylic acid groups (broad SMARTS) is 1. The van der Waals surface area contributed by atoms with E-state index in [1.165, 1.54) is 4.57 Å². The van der Waals surface area contributed by atoms with Crippen LogP contribution in [0.4, 0.5) is 20.2 Å². The van der Waals surface area contributed by atoms with E-state index in [2.05, 4.69) is 5.32 Å². The molecule has 1 aromatic carbocycles. The van der Waals surface area contributed by atoms with Crippen molar-refractivity contribution in [2.24, 2.45) is 0 Å². The maximum absolute atomic E-state index is 15.6. The number of hydrogen-bond donors (Lipinski definition) is 2. The maximum Gasteiger partial charge on any atom is 1.00 e. The van der Waals surface area contributed by atoms with Crippen LogP contribution in [0.1, 0.15) is 43.1 Å². The van der Waals surface area contributed by atoms with Crippen LogP contribution in [-0.2, 0) is 0 Å². The monoisotopic (exact) mass is 414 g/mol. The van der Waals surface area contributed by atoms with E-state index in [9.17, 15) is 14.7 Å². The number of aromatic nitrogens is 1. The third kappa shape index (κ3) is 3.65. The molecule has 4 rings (SSSR count). The van der Waals surface area contributed by atoms with Crippen LogP contribution in [0.15, 0.2) is 11.0 Å². The smallest absolute Gasteiger partial charge is 0.545 e. The van der Waals surface area contributed by atoms with E-state index in [4.69, 9.17) is 5.73 Å². The number of piperazine rings is 1. The van der Waals surface area contributed by atoms with Crippen molar-refractivity contribution in [3.63, 3.8) is 0 Å². The van der Waals surface area contributed by atoms with Gasteiger partial charge in [-0.05, 0) is 26.7 Å². The molecule has 0 radical (unpaired) electrons. The van der Waals surface area contributed by atoms with Gasteiger partial charge < -0.3 is 30.4 Å². The van der Waals surface area contributed by atoms with Gasteiger partial charge in [-0.15, -0.1) is 0 Å². The third-order valence-electron chi connectivity index (χ3n) is 5.40. The normalized spacial score (nSPS) is 21.9. The zero-order valence-electron chi connectivity index (χ0n) is 16.6. The molecule has 1 aliphatic heterocycles. The second-order valence-corrected chi connectivity index (χ2v) is 7.79. The molecule has 2 heterocycles. The summed E-state index contributed by atoms with van der Waals surface area (Å²) >= 11 is 0. The van der Waals surface area contributed by atoms with Crippen LogP contribution in [0, 0.1) is 11.6 Å². The number of fused-ring (bicyclic) bond motifs is 1. The quantitative estimate of drug-likeness (QED) is 0.435. The van der Waals surface area contributed by atoms with Crippen LogP contribution >= 0.6 is 0 Å². The Hall–Kier alpha value is -1.68. The molecule has 1 saturated heterocycles. The summed E-state index contributed by atoms with van der Waals surface area (Å²) < 4.78 is 32.2. The van der Waals surface area contributed by atoms with Crippen molar-refractivity contribution in [1.29, 1.82) is 0 Å². The van der Waals surface area contributed by atoms with Crippen LogP contribution in [0.25, 0.3) is 10.9 Å². The number of aromatic carboxylic acids is 1. The molecule has 2 aromatic rings. The molecule has 2 aliphatic rings. The van der Waals surface area contributed by atoms with Crippen LogP contribution in [0.3, 0.4) is 0 Å². The van der Waals surface area contributed by atoms with Crippen molar-refractivity contribution in [3.05, 3.63) is 33.6 Å². The first-order chi connectivity index (χ1) is 13.2. The maximum atomic E-state index is 15.6. The van der Waals surface area contributed by atoms with E-state index in [-0.39, 0.29) is 58.9 Å². The van der Waals surface area contributed by atoms with Gasteiger partial charge in [-0.25, -0.2) is 8.78 Å². The molecular weight excluding hydrogens is 393 g/mol. The second-order valence-electron chi connectivity index (χ2n) is 7.79. The predicted molar refractivity (Wildman–Crippen MR) is 99.4 cm³/mol. The molecule has 0 amide bonds. The molecule has 150 valence electrons. The summed E-state index contributed by atoms with van der Waals surface area (Å²) in [6, 6.07) is -0.148. The fourth-order valence-corrected chi connectivity index (χ4v) is 4.13. The van der Waals surface area contributed by atoms with E-state index in [0.717, 1.165) is 6.20 Å². The number of pyridine rings is 1. The Labute approximate surface area is 188 Å². The average molecular weight is 414 g/mol. The first-order valence-corrected chi connectivity index (χ1v) is 9.28. The molecule has 29 heavy (non-hydrogen) atoms. The van der Waals surface area contributed by atoms with Crippen molar-refractivity contribution in [2.45, 2.75) is 44.8 Å². The zero-order chi connectivity index (χ0) is 20.3. The molecule has 1 saturated carbocycles. The number of nitrogens with one attached hydrogen (secondary N) is 1. The Morgan fingerprint density at radius 2 is 1.79 bits per heavy atom. The van der Waals surface area contributed by atoms with E-state index in [1.54, 1.807) is 4.90 Å². The number of carbonyl (C=O) groups is 1. The van der Waals surface area contributed by atoms with E-state index in [1.807, 2.05) is 13.8 Å². The number of carbonyl (C=O) groups excluding carboxylic acids is 1. The molecule has 0 unspecified atom stereocenters. The van der Waals surface area contributed by atoms with E-state index < -0.39 is 39.7 Å². The number of nitrogen functional groups attached to an aromatic ring is 1. The Morgan fingerprint density at radius 1 is 1.21 bits per heavy atom. The van der Waals surface area contributed by atoms with Crippen molar-refractivity contribution < 1.29 is 48.2 Å². The molecule has 0 spiro atoms. The summed E-state index contributed by atoms with van der Waals surface area (Å²) in [4.78, 5) is 25.6. The molecule has 2 fully saturated rings. The largest absolute Gasteiger partial charge is 1.00 e. The SMILES string of the molecule is C[C@@H]1CN(c2c(F)c(N)c3c(=O)c(C(=O)[O-])cn(C4CC4)c3c2F)C[C@H](C)N1.[Na+]. The number of benzene rings is 1. The second kappa shape index (κ2) is 7.86. The molecule has 1 aliphatic carbocycles. The minimum Gasteiger partial charge on any atom is -0.545 e.